The summed E-state index contributed by atoms with van der Waals surface area (Å²) >= 11 is 6.19. The molecule has 33 heavy (non-hydrogen) atoms. The maximum atomic E-state index is 12.7. The van der Waals surface area contributed by atoms with Gasteiger partial charge in [0, 0.05) is 17.8 Å². The molecule has 8 nitrogen and oxygen atoms in total. The van der Waals surface area contributed by atoms with E-state index in [1.807, 2.05) is 13.8 Å². The number of rotatable bonds is 8. The largest absolute Gasteiger partial charge is 0.435 e. The number of halogens is 3. The van der Waals surface area contributed by atoms with E-state index in [2.05, 4.69) is 20.4 Å². The summed E-state index contributed by atoms with van der Waals surface area (Å²) in [6.07, 6.45) is 1.26. The van der Waals surface area contributed by atoms with Gasteiger partial charge in [0.05, 0.1) is 39.0 Å². The number of alkyl halides is 2. The summed E-state index contributed by atoms with van der Waals surface area (Å²) < 4.78 is 52.6. The van der Waals surface area contributed by atoms with Crippen LogP contribution in [0.25, 0.3) is 0 Å². The number of nitrogens with zero attached hydrogens (tertiary/aromatic N) is 1. The van der Waals surface area contributed by atoms with Crippen LogP contribution in [0.4, 0.5) is 14.5 Å². The summed E-state index contributed by atoms with van der Waals surface area (Å²) in [5.41, 5.74) is -0.225. The molecule has 12 heteroatoms. The van der Waals surface area contributed by atoms with Crippen molar-refractivity contribution in [2.24, 2.45) is 0 Å². The highest BCUT2D eigenvalue weighted by atomic mass is 35.5. The number of anilines is 1. The van der Waals surface area contributed by atoms with Crippen molar-refractivity contribution in [3.05, 3.63) is 52.3 Å². The Hall–Kier alpha value is -2.79. The van der Waals surface area contributed by atoms with Gasteiger partial charge in [-0.15, -0.1) is 0 Å². The molecule has 2 heterocycles. The van der Waals surface area contributed by atoms with Gasteiger partial charge in [-0.1, -0.05) is 11.6 Å². The van der Waals surface area contributed by atoms with Crippen molar-refractivity contribution >= 4 is 38.7 Å². The summed E-state index contributed by atoms with van der Waals surface area (Å²) in [6, 6.07) is 5.23. The summed E-state index contributed by atoms with van der Waals surface area (Å²) in [6.45, 7) is 2.32. The number of nitrogens with one attached hydrogen (secondary N) is 3. The van der Waals surface area contributed by atoms with Crippen molar-refractivity contribution < 1.29 is 26.7 Å². The number of amides is 1. The molecule has 0 spiro atoms. The zero-order chi connectivity index (χ0) is 24.6. The van der Waals surface area contributed by atoms with Gasteiger partial charge in [-0.25, -0.2) is 8.42 Å². The van der Waals surface area contributed by atoms with E-state index >= 15 is 0 Å². The van der Waals surface area contributed by atoms with Gasteiger partial charge in [0.1, 0.15) is 11.4 Å². The van der Waals surface area contributed by atoms with Gasteiger partial charge in [-0.3, -0.25) is 15.2 Å². The van der Waals surface area contributed by atoms with Crippen LogP contribution in [0.5, 0.6) is 5.75 Å². The Kier molecular flexibility index (Phi) is 6.94. The number of ether oxygens (including phenoxy) is 1. The average molecular weight is 501 g/mol. The van der Waals surface area contributed by atoms with Crippen LogP contribution in [0.3, 0.4) is 0 Å². The summed E-state index contributed by atoms with van der Waals surface area (Å²) in [5.74, 6) is -0.953. The van der Waals surface area contributed by atoms with Gasteiger partial charge in [-0.05, 0) is 45.0 Å². The third-order valence-electron chi connectivity index (χ3n) is 4.76. The number of benzene rings is 1. The number of hydrogen-bond donors (Lipinski definition) is 3. The first-order valence-corrected chi connectivity index (χ1v) is 12.1. The molecule has 1 aliphatic rings. The fourth-order valence-electron chi connectivity index (χ4n) is 3.56. The molecule has 2 aromatic rings. The third kappa shape index (κ3) is 5.97. The lowest BCUT2D eigenvalue weighted by Crippen LogP contribution is -2.63. The molecule has 1 amide bonds. The zero-order valence-corrected chi connectivity index (χ0v) is 19.7. The lowest BCUT2D eigenvalue weighted by molar-refractivity contribution is -0.0498. The van der Waals surface area contributed by atoms with Crippen LogP contribution in [0.2, 0.25) is 5.02 Å². The lowest BCUT2D eigenvalue weighted by Gasteiger charge is -2.38. The highest BCUT2D eigenvalue weighted by Crippen LogP contribution is 2.28. The third-order valence-corrected chi connectivity index (χ3v) is 7.24. The Labute approximate surface area is 195 Å². The zero-order valence-electron chi connectivity index (χ0n) is 18.1. The Balaban J connectivity index is 1.93. The van der Waals surface area contributed by atoms with E-state index in [9.17, 15) is 22.0 Å². The van der Waals surface area contributed by atoms with E-state index in [0.717, 1.165) is 0 Å². The second-order valence-corrected chi connectivity index (χ2v) is 10.8. The fraction of sp³-hybridized carbons (Fsp3) is 0.381. The Morgan fingerprint density at radius 3 is 2.52 bits per heavy atom. The number of carbonyl (C=O) groups is 1. The van der Waals surface area contributed by atoms with Crippen LogP contribution in [0.15, 0.2) is 30.5 Å². The van der Waals surface area contributed by atoms with Gasteiger partial charge in [0.25, 0.3) is 5.91 Å². The van der Waals surface area contributed by atoms with Gasteiger partial charge in [-0.2, -0.15) is 8.78 Å². The maximum Gasteiger partial charge on any atom is 0.387 e. The number of pyridine rings is 1. The van der Waals surface area contributed by atoms with Gasteiger partial charge >= 0.3 is 6.61 Å². The number of aromatic nitrogens is 1. The molecule has 0 radical (unpaired) electrons. The van der Waals surface area contributed by atoms with E-state index in [4.69, 9.17) is 17.0 Å². The molecule has 1 aromatic carbocycles. The monoisotopic (exact) mass is 500 g/mol. The highest BCUT2D eigenvalue weighted by molar-refractivity contribution is 7.93. The van der Waals surface area contributed by atoms with E-state index in [0.29, 0.717) is 5.69 Å². The molecule has 1 fully saturated rings. The minimum atomic E-state index is -3.15. The van der Waals surface area contributed by atoms with Gasteiger partial charge in [0.15, 0.2) is 9.84 Å². The van der Waals surface area contributed by atoms with Crippen molar-refractivity contribution in [3.63, 3.8) is 0 Å². The Morgan fingerprint density at radius 1 is 1.27 bits per heavy atom. The van der Waals surface area contributed by atoms with Gasteiger partial charge in [0.2, 0.25) is 0 Å². The lowest BCUT2D eigenvalue weighted by atomic mass is 10.0. The molecule has 0 bridgehead atoms. The first-order valence-electron chi connectivity index (χ1n) is 9.92. The van der Waals surface area contributed by atoms with E-state index < -0.39 is 27.9 Å². The molecule has 1 saturated heterocycles. The van der Waals surface area contributed by atoms with Crippen molar-refractivity contribution in [1.82, 2.24) is 10.3 Å². The minimum absolute atomic E-state index is 0.0880. The average Bonchev–Trinajstić information content (AvgIpc) is 2.66. The standard InChI is InChI=1S/C21H23ClF2N4O4S/c1-11(2)27-16-6-12(19(29)28-21(3)9-33(30,31)10-21)8-26-18(16)17(25)14-7-13(32-20(23)24)4-5-15(14)22/h4-8,11,20,25,27H,9-10H2,1-3H3,(H,28,29). The van der Waals surface area contributed by atoms with E-state index in [1.54, 1.807) is 6.92 Å². The highest BCUT2D eigenvalue weighted by Gasteiger charge is 2.45. The number of sulfone groups is 1. The molecule has 178 valence electrons. The summed E-state index contributed by atoms with van der Waals surface area (Å²) in [4.78, 5) is 17.0. The SMILES string of the molecule is CC(C)Nc1cc(C(=O)NC2(C)CS(=O)(=O)C2)cnc1C(=N)c1cc(OC(F)F)ccc1Cl. The molecule has 0 saturated carbocycles. The predicted octanol–water partition coefficient (Wildman–Crippen LogP) is 3.49. The van der Waals surface area contributed by atoms with Crippen LogP contribution in [-0.4, -0.2) is 54.7 Å². The molecular formula is C21H23ClF2N4O4S. The smallest absolute Gasteiger partial charge is 0.387 e. The molecule has 1 aromatic heterocycles. The second-order valence-electron chi connectivity index (χ2n) is 8.36. The van der Waals surface area contributed by atoms with Crippen molar-refractivity contribution in [2.45, 2.75) is 39.0 Å². The summed E-state index contributed by atoms with van der Waals surface area (Å²) in [7, 11) is -3.15. The van der Waals surface area contributed by atoms with Crippen LogP contribution < -0.4 is 15.4 Å². The Morgan fingerprint density at radius 2 is 1.94 bits per heavy atom. The predicted molar refractivity (Wildman–Crippen MR) is 122 cm³/mol. The van der Waals surface area contributed by atoms with Crippen molar-refractivity contribution in [1.29, 1.82) is 5.41 Å². The van der Waals surface area contributed by atoms with Crippen LogP contribution in [0.1, 0.15) is 42.4 Å². The van der Waals surface area contributed by atoms with Crippen LogP contribution >= 0.6 is 11.6 Å². The van der Waals surface area contributed by atoms with Crippen LogP contribution in [0, 0.1) is 5.41 Å². The normalized spacial score (nSPS) is 16.2. The van der Waals surface area contributed by atoms with Crippen LogP contribution in [-0.2, 0) is 9.84 Å². The van der Waals surface area contributed by atoms with E-state index in [1.165, 1.54) is 30.5 Å². The molecule has 1 aliphatic heterocycles. The van der Waals surface area contributed by atoms with Gasteiger partial charge < -0.3 is 15.4 Å². The topological polar surface area (TPSA) is 121 Å². The maximum absolute atomic E-state index is 12.7. The van der Waals surface area contributed by atoms with E-state index in [-0.39, 0.29) is 50.9 Å². The Bertz CT molecular complexity index is 1190. The molecule has 0 aliphatic carbocycles. The molecule has 0 unspecified atom stereocenters. The van der Waals surface area contributed by atoms with Crippen molar-refractivity contribution in [3.8, 4) is 5.75 Å². The molecular weight excluding hydrogens is 478 g/mol. The first kappa shape index (κ1) is 24.8. The number of carbonyl (C=O) groups excluding carboxylic acids is 1. The molecule has 3 N–H and O–H groups in total. The second kappa shape index (κ2) is 9.22. The fourth-order valence-corrected chi connectivity index (χ4v) is 5.77. The summed E-state index contributed by atoms with van der Waals surface area (Å²) in [5, 5.41) is 14.5. The van der Waals surface area contributed by atoms with Crippen molar-refractivity contribution in [2.75, 3.05) is 16.8 Å². The number of hydrogen-bond acceptors (Lipinski definition) is 7. The quantitative estimate of drug-likeness (QED) is 0.477. The first-order chi connectivity index (χ1) is 15.3. The minimum Gasteiger partial charge on any atom is -0.435 e. The molecule has 3 rings (SSSR count). The molecule has 0 atom stereocenters.